The molecule has 1 heterocycles. The summed E-state index contributed by atoms with van der Waals surface area (Å²) in [7, 11) is 0. The minimum atomic E-state index is -0.0193. The molecule has 9 rings (SSSR count). The Balaban J connectivity index is 1.53. The second-order valence-electron chi connectivity index (χ2n) is 14.3. The first-order chi connectivity index (χ1) is 23.3. The summed E-state index contributed by atoms with van der Waals surface area (Å²) in [5.74, 6) is 0. The summed E-state index contributed by atoms with van der Waals surface area (Å²) in [4.78, 5) is 0. The van der Waals surface area contributed by atoms with E-state index in [1.807, 2.05) is 6.07 Å². The third-order valence-electron chi connectivity index (χ3n) is 10.2. The number of fused-ring (bicyclic) bond motifs is 8. The summed E-state index contributed by atoms with van der Waals surface area (Å²) < 4.78 is 6.69. The van der Waals surface area contributed by atoms with Gasteiger partial charge in [-0.1, -0.05) is 142 Å². The first-order valence-corrected chi connectivity index (χ1v) is 16.8. The van der Waals surface area contributed by atoms with E-state index >= 15 is 0 Å². The molecule has 0 radical (unpaired) electrons. The van der Waals surface area contributed by atoms with Crippen LogP contribution in [0, 0.1) is 0 Å². The highest BCUT2D eigenvalue weighted by molar-refractivity contribution is 6.27. The van der Waals surface area contributed by atoms with Gasteiger partial charge in [0.05, 0.1) is 0 Å². The summed E-state index contributed by atoms with van der Waals surface area (Å²) in [6.45, 7) is 13.3. The van der Waals surface area contributed by atoms with E-state index in [1.165, 1.54) is 65.3 Å². The van der Waals surface area contributed by atoms with Crippen LogP contribution in [0.4, 0.5) is 0 Å². The normalized spacial score (nSPS) is 12.2. The summed E-state index contributed by atoms with van der Waals surface area (Å²) in [5, 5.41) is 12.2. The lowest BCUT2D eigenvalue weighted by molar-refractivity contribution is 0.591. The average molecular weight is 617 g/mol. The molecule has 0 aliphatic rings. The summed E-state index contributed by atoms with van der Waals surface area (Å²) in [5.41, 5.74) is 10.1. The van der Waals surface area contributed by atoms with Gasteiger partial charge < -0.3 is 4.42 Å². The number of furan rings is 1. The van der Waals surface area contributed by atoms with Crippen LogP contribution in [-0.4, -0.2) is 0 Å². The van der Waals surface area contributed by atoms with Crippen molar-refractivity contribution in [1.82, 2.24) is 0 Å². The second kappa shape index (κ2) is 10.4. The van der Waals surface area contributed by atoms with Crippen molar-refractivity contribution in [3.8, 4) is 22.3 Å². The molecule has 1 heteroatoms. The van der Waals surface area contributed by atoms with Crippen LogP contribution in [-0.2, 0) is 5.41 Å². The Hall–Kier alpha value is -5.66. The van der Waals surface area contributed by atoms with Gasteiger partial charge in [0.1, 0.15) is 11.2 Å². The maximum atomic E-state index is 6.69. The molecule has 1 nitrogen and oxygen atoms in total. The van der Waals surface area contributed by atoms with Crippen molar-refractivity contribution < 1.29 is 4.42 Å². The number of para-hydroxylation sites is 2. The Morgan fingerprint density at radius 1 is 0.500 bits per heavy atom. The van der Waals surface area contributed by atoms with E-state index in [0.717, 1.165) is 38.6 Å². The highest BCUT2D eigenvalue weighted by Crippen LogP contribution is 2.49. The molecule has 0 amide bonds. The number of rotatable bonds is 3. The quantitative estimate of drug-likeness (QED) is 0.142. The predicted molar refractivity (Wildman–Crippen MR) is 208 cm³/mol. The minimum Gasteiger partial charge on any atom is -0.455 e. The van der Waals surface area contributed by atoms with Crippen LogP contribution in [0.5, 0.6) is 0 Å². The van der Waals surface area contributed by atoms with Crippen LogP contribution in [0.2, 0.25) is 0 Å². The Morgan fingerprint density at radius 3 is 1.90 bits per heavy atom. The lowest BCUT2D eigenvalue weighted by Gasteiger charge is -2.24. The van der Waals surface area contributed by atoms with Gasteiger partial charge in [-0.05, 0) is 102 Å². The molecule has 9 aromatic rings. The monoisotopic (exact) mass is 616 g/mol. The lowest BCUT2D eigenvalue weighted by atomic mass is 9.80. The Morgan fingerprint density at radius 2 is 1.12 bits per heavy atom. The molecule has 0 aliphatic heterocycles. The zero-order valence-electron chi connectivity index (χ0n) is 27.8. The molecule has 0 fully saturated rings. The molecule has 1 aromatic heterocycles. The van der Waals surface area contributed by atoms with Crippen LogP contribution in [0.3, 0.4) is 0 Å². The largest absolute Gasteiger partial charge is 0.455 e. The van der Waals surface area contributed by atoms with E-state index in [1.54, 1.807) is 0 Å². The van der Waals surface area contributed by atoms with Gasteiger partial charge in [-0.3, -0.25) is 0 Å². The molecule has 0 bridgehead atoms. The van der Waals surface area contributed by atoms with Gasteiger partial charge in [0.15, 0.2) is 0 Å². The molecule has 0 aliphatic carbocycles. The van der Waals surface area contributed by atoms with Crippen LogP contribution in [0.15, 0.2) is 144 Å². The van der Waals surface area contributed by atoms with Crippen molar-refractivity contribution in [2.75, 3.05) is 0 Å². The van der Waals surface area contributed by atoms with Gasteiger partial charge in [-0.15, -0.1) is 0 Å². The van der Waals surface area contributed by atoms with E-state index in [2.05, 4.69) is 162 Å². The van der Waals surface area contributed by atoms with Crippen LogP contribution < -0.4 is 0 Å². The number of hydrogen-bond acceptors (Lipinski definition) is 1. The fourth-order valence-electron chi connectivity index (χ4n) is 7.75. The average Bonchev–Trinajstić information content (AvgIpc) is 3.49. The molecule has 0 N–H and O–H groups in total. The van der Waals surface area contributed by atoms with Crippen LogP contribution >= 0.6 is 0 Å². The van der Waals surface area contributed by atoms with Crippen molar-refractivity contribution >= 4 is 70.6 Å². The Kier molecular flexibility index (Phi) is 6.20. The number of allylic oxidation sites excluding steroid dienone is 1. The second-order valence-corrected chi connectivity index (χ2v) is 14.3. The number of hydrogen-bond donors (Lipinski definition) is 0. The summed E-state index contributed by atoms with van der Waals surface area (Å²) in [6, 6.07) is 49.0. The fourth-order valence-corrected chi connectivity index (χ4v) is 7.75. The molecule has 0 atom stereocenters. The van der Waals surface area contributed by atoms with Gasteiger partial charge >= 0.3 is 0 Å². The standard InChI is InChI=1S/C47H36O/c1-28(2)29-21-23-36-41(25-29)44(39-19-12-18-38-35-17-10-11-20-43(35)48-46(38)39)37-24-22-31(47(3,4)5)27-42(37)45(36)40-26-30-13-6-7-14-32(30)33-15-8-9-16-34(33)40/h6-27H,1H2,2-5H3. The maximum absolute atomic E-state index is 6.69. The third-order valence-corrected chi connectivity index (χ3v) is 10.2. The van der Waals surface area contributed by atoms with Gasteiger partial charge in [0.2, 0.25) is 0 Å². The zero-order chi connectivity index (χ0) is 32.7. The zero-order valence-corrected chi connectivity index (χ0v) is 27.8. The number of benzene rings is 8. The molecule has 0 unspecified atom stereocenters. The molecular formula is C47H36O. The molecule has 0 spiro atoms. The van der Waals surface area contributed by atoms with E-state index < -0.39 is 0 Å². The molecule has 230 valence electrons. The van der Waals surface area contributed by atoms with Gasteiger partial charge in [-0.2, -0.15) is 0 Å². The molecule has 48 heavy (non-hydrogen) atoms. The summed E-state index contributed by atoms with van der Waals surface area (Å²) >= 11 is 0. The lowest BCUT2D eigenvalue weighted by Crippen LogP contribution is -2.10. The molecule has 0 saturated heterocycles. The fraction of sp³-hybridized carbons (Fsp3) is 0.106. The molecule has 8 aromatic carbocycles. The van der Waals surface area contributed by atoms with Crippen molar-refractivity contribution in [1.29, 1.82) is 0 Å². The smallest absolute Gasteiger partial charge is 0.143 e. The Bertz CT molecular complexity index is 2780. The highest BCUT2D eigenvalue weighted by Gasteiger charge is 2.24. The first-order valence-electron chi connectivity index (χ1n) is 16.8. The van der Waals surface area contributed by atoms with Crippen molar-refractivity contribution in [2.45, 2.75) is 33.1 Å². The van der Waals surface area contributed by atoms with Crippen molar-refractivity contribution in [2.24, 2.45) is 0 Å². The van der Waals surface area contributed by atoms with Crippen LogP contribution in [0.25, 0.3) is 92.9 Å². The van der Waals surface area contributed by atoms with Gasteiger partial charge in [0.25, 0.3) is 0 Å². The SMILES string of the molecule is C=C(C)c1ccc2c(-c3cc4ccccc4c4ccccc34)c3cc(C(C)(C)C)ccc3c(-c3cccc4c3oc3ccccc34)c2c1. The van der Waals surface area contributed by atoms with E-state index in [4.69, 9.17) is 4.42 Å². The third kappa shape index (κ3) is 4.24. The van der Waals surface area contributed by atoms with Gasteiger partial charge in [0, 0.05) is 21.9 Å². The van der Waals surface area contributed by atoms with E-state index in [9.17, 15) is 0 Å². The Labute approximate surface area is 280 Å². The highest BCUT2D eigenvalue weighted by atomic mass is 16.3. The minimum absolute atomic E-state index is 0.0193. The van der Waals surface area contributed by atoms with E-state index in [0.29, 0.717) is 0 Å². The van der Waals surface area contributed by atoms with Gasteiger partial charge in [-0.25, -0.2) is 0 Å². The van der Waals surface area contributed by atoms with E-state index in [-0.39, 0.29) is 5.41 Å². The topological polar surface area (TPSA) is 13.1 Å². The first kappa shape index (κ1) is 28.6. The summed E-state index contributed by atoms with van der Waals surface area (Å²) in [6.07, 6.45) is 0. The van der Waals surface area contributed by atoms with Crippen molar-refractivity contribution in [3.63, 3.8) is 0 Å². The van der Waals surface area contributed by atoms with Crippen LogP contribution in [0.1, 0.15) is 38.8 Å². The molecular weight excluding hydrogens is 581 g/mol. The predicted octanol–water partition coefficient (Wildman–Crippen LogP) is 13.9. The molecule has 0 saturated carbocycles. The van der Waals surface area contributed by atoms with Crippen molar-refractivity contribution in [3.05, 3.63) is 151 Å². The maximum Gasteiger partial charge on any atom is 0.143 e.